The van der Waals surface area contributed by atoms with Crippen LogP contribution in [-0.2, 0) is 20.8 Å². The lowest BCUT2D eigenvalue weighted by Crippen LogP contribution is -2.47. The van der Waals surface area contributed by atoms with Gasteiger partial charge in [-0.05, 0) is 82.7 Å². The Kier molecular flexibility index (Phi) is 7.96. The van der Waals surface area contributed by atoms with E-state index in [-0.39, 0.29) is 28.5 Å². The van der Waals surface area contributed by atoms with Crippen molar-refractivity contribution in [3.63, 3.8) is 0 Å². The minimum atomic E-state index is -4.70. The molecule has 2 atom stereocenters. The van der Waals surface area contributed by atoms with Gasteiger partial charge in [-0.2, -0.15) is 13.2 Å². The predicted molar refractivity (Wildman–Crippen MR) is 142 cm³/mol. The summed E-state index contributed by atoms with van der Waals surface area (Å²) in [6.45, 7) is 5.90. The number of anilines is 1. The first-order valence-corrected chi connectivity index (χ1v) is 14.9. The highest BCUT2D eigenvalue weighted by Gasteiger charge is 2.41. The van der Waals surface area contributed by atoms with Crippen molar-refractivity contribution in [1.82, 2.24) is 10.2 Å². The molecular weight excluding hydrogens is 550 g/mol. The van der Waals surface area contributed by atoms with Crippen LogP contribution < -0.4 is 10.6 Å². The van der Waals surface area contributed by atoms with Crippen LogP contribution in [0.1, 0.15) is 74.0 Å². The van der Waals surface area contributed by atoms with Gasteiger partial charge in [0.05, 0.1) is 22.1 Å². The van der Waals surface area contributed by atoms with Gasteiger partial charge in [-0.1, -0.05) is 6.07 Å². The maximum absolute atomic E-state index is 14.8. The summed E-state index contributed by atoms with van der Waals surface area (Å²) in [4.78, 5) is 28.6. The van der Waals surface area contributed by atoms with Crippen molar-refractivity contribution in [3.8, 4) is 0 Å². The van der Waals surface area contributed by atoms with Gasteiger partial charge in [0, 0.05) is 29.6 Å². The molecule has 1 heterocycles. The highest BCUT2D eigenvalue weighted by atomic mass is 32.2. The number of rotatable bonds is 7. The molecule has 1 aliphatic carbocycles. The van der Waals surface area contributed by atoms with Gasteiger partial charge < -0.3 is 15.5 Å². The monoisotopic (exact) mass is 583 g/mol. The van der Waals surface area contributed by atoms with E-state index in [1.807, 2.05) is 20.8 Å². The minimum Gasteiger partial charge on any atom is -0.380 e. The topological polar surface area (TPSA) is 95.6 Å². The van der Waals surface area contributed by atoms with Gasteiger partial charge >= 0.3 is 6.18 Å². The van der Waals surface area contributed by atoms with E-state index < -0.39 is 56.8 Å². The second-order valence-corrected chi connectivity index (χ2v) is 13.6. The van der Waals surface area contributed by atoms with Crippen LogP contribution in [0.3, 0.4) is 0 Å². The predicted octanol–water partition coefficient (Wildman–Crippen LogP) is 5.33. The minimum absolute atomic E-state index is 0.0303. The Morgan fingerprint density at radius 2 is 1.70 bits per heavy atom. The van der Waals surface area contributed by atoms with Gasteiger partial charge in [-0.15, -0.1) is 0 Å². The molecule has 0 radical (unpaired) electrons. The number of carbonyl (C=O) groups is 2. The molecule has 2 N–H and O–H groups in total. The molecule has 0 aromatic heterocycles. The molecule has 7 nitrogen and oxygen atoms in total. The number of amides is 2. The smallest absolute Gasteiger partial charge is 0.380 e. The Morgan fingerprint density at radius 1 is 1.02 bits per heavy atom. The first-order valence-electron chi connectivity index (χ1n) is 13.1. The molecule has 0 unspecified atom stereocenters. The molecule has 0 spiro atoms. The van der Waals surface area contributed by atoms with E-state index in [4.69, 9.17) is 0 Å². The average molecular weight is 584 g/mol. The lowest BCUT2D eigenvalue weighted by molar-refractivity contribution is -0.137. The number of hydrogen-bond donors (Lipinski definition) is 2. The molecule has 2 amide bonds. The maximum Gasteiger partial charge on any atom is 0.416 e. The zero-order valence-corrected chi connectivity index (χ0v) is 23.5. The average Bonchev–Trinajstić information content (AvgIpc) is 3.55. The molecule has 4 rings (SSSR count). The Bertz CT molecular complexity index is 1420. The molecule has 2 aromatic carbocycles. The Hall–Kier alpha value is -3.15. The zero-order chi connectivity index (χ0) is 29.6. The van der Waals surface area contributed by atoms with Crippen molar-refractivity contribution in [2.75, 3.05) is 18.1 Å². The van der Waals surface area contributed by atoms with E-state index in [1.54, 1.807) is 0 Å². The van der Waals surface area contributed by atoms with E-state index in [1.165, 1.54) is 23.1 Å². The Balaban J connectivity index is 1.61. The standard InChI is InChI=1S/C28H33F4N3O4S/c1-27(2,3)34-22-12-10-18(40(4,38)39)15-20(22)26(37)35-13-5-6-23(35)25(36)33-24(16-7-8-16)19-11-9-17(14-21(19)29)28(30,31)32/h9-12,14-16,23-24,34H,5-8,13H2,1-4H3,(H,33,36)/t23-,24-/m1/s1. The summed E-state index contributed by atoms with van der Waals surface area (Å²) < 4.78 is 78.4. The van der Waals surface area contributed by atoms with Gasteiger partial charge in [-0.3, -0.25) is 9.59 Å². The number of benzene rings is 2. The fraction of sp³-hybridized carbons (Fsp3) is 0.500. The van der Waals surface area contributed by atoms with Crippen LogP contribution in [0, 0.1) is 11.7 Å². The summed E-state index contributed by atoms with van der Waals surface area (Å²) in [6.07, 6.45) is -1.45. The highest BCUT2D eigenvalue weighted by molar-refractivity contribution is 7.90. The molecule has 2 aromatic rings. The van der Waals surface area contributed by atoms with Crippen LogP contribution in [0.5, 0.6) is 0 Å². The van der Waals surface area contributed by atoms with Crippen LogP contribution >= 0.6 is 0 Å². The third-order valence-electron chi connectivity index (χ3n) is 7.03. The number of carbonyl (C=O) groups excluding carboxylic acids is 2. The molecule has 1 saturated carbocycles. The normalized spacial score (nSPS) is 18.9. The van der Waals surface area contributed by atoms with Crippen molar-refractivity contribution in [2.24, 2.45) is 5.92 Å². The molecule has 1 aliphatic heterocycles. The number of nitrogens with zero attached hydrogens (tertiary/aromatic N) is 1. The molecule has 12 heteroatoms. The SMILES string of the molecule is CC(C)(C)Nc1ccc(S(C)(=O)=O)cc1C(=O)N1CCC[C@@H]1C(=O)N[C@@H](c1ccc(C(F)(F)F)cc1F)C1CC1. The van der Waals surface area contributed by atoms with Gasteiger partial charge in [0.25, 0.3) is 5.91 Å². The lowest BCUT2D eigenvalue weighted by atomic mass is 9.99. The summed E-state index contributed by atoms with van der Waals surface area (Å²) in [5.74, 6) is -2.25. The molecule has 40 heavy (non-hydrogen) atoms. The van der Waals surface area contributed by atoms with Crippen LogP contribution in [0.15, 0.2) is 41.3 Å². The second-order valence-electron chi connectivity index (χ2n) is 11.6. The fourth-order valence-electron chi connectivity index (χ4n) is 4.97. The molecule has 2 fully saturated rings. The van der Waals surface area contributed by atoms with E-state index >= 15 is 0 Å². The van der Waals surface area contributed by atoms with Crippen molar-refractivity contribution >= 4 is 27.3 Å². The molecule has 1 saturated heterocycles. The van der Waals surface area contributed by atoms with E-state index in [9.17, 15) is 35.6 Å². The molecule has 0 bridgehead atoms. The van der Waals surface area contributed by atoms with Crippen molar-refractivity contribution < 1.29 is 35.6 Å². The number of hydrogen-bond acceptors (Lipinski definition) is 5. The zero-order valence-electron chi connectivity index (χ0n) is 22.7. The molecule has 2 aliphatic rings. The van der Waals surface area contributed by atoms with E-state index in [2.05, 4.69) is 10.6 Å². The van der Waals surface area contributed by atoms with Crippen LogP contribution in [0.2, 0.25) is 0 Å². The van der Waals surface area contributed by atoms with Crippen LogP contribution in [-0.4, -0.2) is 49.5 Å². The number of halogens is 4. The van der Waals surface area contributed by atoms with E-state index in [0.29, 0.717) is 37.4 Å². The summed E-state index contributed by atoms with van der Waals surface area (Å²) in [7, 11) is -3.62. The number of likely N-dealkylation sites (tertiary alicyclic amines) is 1. The largest absolute Gasteiger partial charge is 0.416 e. The number of sulfone groups is 1. The van der Waals surface area contributed by atoms with Crippen molar-refractivity contribution in [3.05, 3.63) is 58.9 Å². The van der Waals surface area contributed by atoms with Crippen LogP contribution in [0.4, 0.5) is 23.2 Å². The number of nitrogens with one attached hydrogen (secondary N) is 2. The third-order valence-corrected chi connectivity index (χ3v) is 8.14. The van der Waals surface area contributed by atoms with Crippen LogP contribution in [0.25, 0.3) is 0 Å². The van der Waals surface area contributed by atoms with Gasteiger partial charge in [0.1, 0.15) is 11.9 Å². The first kappa shape index (κ1) is 29.8. The number of alkyl halides is 3. The Morgan fingerprint density at radius 3 is 2.25 bits per heavy atom. The fourth-order valence-corrected chi connectivity index (χ4v) is 5.61. The first-order chi connectivity index (χ1) is 18.5. The lowest BCUT2D eigenvalue weighted by Gasteiger charge is -2.29. The summed E-state index contributed by atoms with van der Waals surface area (Å²) in [6, 6.07) is 4.77. The second kappa shape index (κ2) is 10.7. The van der Waals surface area contributed by atoms with Crippen molar-refractivity contribution in [1.29, 1.82) is 0 Å². The Labute approximate surface area is 231 Å². The van der Waals surface area contributed by atoms with Crippen molar-refractivity contribution in [2.45, 2.75) is 75.1 Å². The maximum atomic E-state index is 14.8. The van der Waals surface area contributed by atoms with Gasteiger partial charge in [0.15, 0.2) is 9.84 Å². The molecule has 218 valence electrons. The molecular formula is C28H33F4N3O4S. The quantitative estimate of drug-likeness (QED) is 0.430. The summed E-state index contributed by atoms with van der Waals surface area (Å²) >= 11 is 0. The third kappa shape index (κ3) is 6.76. The summed E-state index contributed by atoms with van der Waals surface area (Å²) in [5.41, 5.74) is -1.08. The summed E-state index contributed by atoms with van der Waals surface area (Å²) in [5, 5.41) is 6.01. The van der Waals surface area contributed by atoms with Gasteiger partial charge in [0.2, 0.25) is 5.91 Å². The van der Waals surface area contributed by atoms with E-state index in [0.717, 1.165) is 18.4 Å². The highest BCUT2D eigenvalue weighted by Crippen LogP contribution is 2.43. The van der Waals surface area contributed by atoms with Gasteiger partial charge in [-0.25, -0.2) is 12.8 Å².